The number of hydrogen-bond donors (Lipinski definition) is 2. The minimum atomic E-state index is -1.51. The second kappa shape index (κ2) is 26.4. The quantitative estimate of drug-likeness (QED) is 0.134. The summed E-state index contributed by atoms with van der Waals surface area (Å²) in [7, 11) is -1.51. The Morgan fingerprint density at radius 3 is 1.08 bits per heavy atom. The van der Waals surface area contributed by atoms with Gasteiger partial charge in [0, 0.05) is 78.3 Å². The van der Waals surface area contributed by atoms with Crippen molar-refractivity contribution in [2.24, 2.45) is 0 Å². The average Bonchev–Trinajstić information content (AvgIpc) is 1.59. The molecule has 14 aromatic carbocycles. The van der Waals surface area contributed by atoms with E-state index >= 15 is 0 Å². The van der Waals surface area contributed by atoms with Gasteiger partial charge in [-0.2, -0.15) is 0 Å². The molecule has 18 aromatic rings. The first-order valence-corrected chi connectivity index (χ1v) is 34.3. The van der Waals surface area contributed by atoms with Crippen molar-refractivity contribution in [1.29, 1.82) is 0 Å². The molecule has 0 unspecified atom stereocenters. The Kier molecular flexibility index (Phi) is 16.5. The van der Waals surface area contributed by atoms with Gasteiger partial charge in [0.05, 0.1) is 22.1 Å². The average molecular weight is 1330 g/mol. The smallest absolute Gasteiger partial charge is 0.423 e. The molecule has 0 aliphatic carbocycles. The summed E-state index contributed by atoms with van der Waals surface area (Å²) in [6, 6.07) is 119. The van der Waals surface area contributed by atoms with E-state index in [0.717, 1.165) is 97.6 Å². The summed E-state index contributed by atoms with van der Waals surface area (Å²) in [5.41, 5.74) is 20.9. The van der Waals surface area contributed by atoms with Gasteiger partial charge in [-0.3, -0.25) is 9.13 Å². The van der Waals surface area contributed by atoms with E-state index in [1.807, 2.05) is 90.2 Å². The number of hydrogen-bond acceptors (Lipinski definition) is 6. The van der Waals surface area contributed by atoms with Gasteiger partial charge in [-0.05, 0) is 153 Å². The maximum absolute atomic E-state index is 10.0. The molecule has 0 atom stereocenters. The van der Waals surface area contributed by atoms with Crippen LogP contribution < -0.4 is 5.46 Å². The Hall–Kier alpha value is -11.1. The summed E-state index contributed by atoms with van der Waals surface area (Å²) < 4.78 is 10.2. The maximum Gasteiger partial charge on any atom is 0.489 e. The summed E-state index contributed by atoms with van der Waals surface area (Å²) >= 11 is 6.97. The first-order chi connectivity index (χ1) is 47.3. The lowest BCUT2D eigenvalue weighted by Gasteiger charge is -2.12. The maximum atomic E-state index is 10.0. The van der Waals surface area contributed by atoms with Gasteiger partial charge in [-0.25, -0.2) is 9.97 Å². The normalized spacial score (nSPS) is 11.3. The highest BCUT2D eigenvalue weighted by Gasteiger charge is 2.22. The van der Waals surface area contributed by atoms with E-state index in [0.29, 0.717) is 5.46 Å². The van der Waals surface area contributed by atoms with Crippen LogP contribution in [-0.4, -0.2) is 36.3 Å². The highest BCUT2D eigenvalue weighted by atomic mass is 79.9. The predicted molar refractivity (Wildman–Crippen MR) is 410 cm³/mol. The number of halogens is 1. The van der Waals surface area contributed by atoms with Gasteiger partial charge in [0.2, 0.25) is 0 Å². The van der Waals surface area contributed by atoms with Gasteiger partial charge in [-0.1, -0.05) is 253 Å². The molecule has 0 fully saturated rings. The number of imidazole rings is 2. The number of nitrogens with zero attached hydrogens (tertiary/aromatic N) is 4. The molecule has 0 saturated carbocycles. The number of rotatable bonds is 10. The Balaban J connectivity index is 0.000000123. The van der Waals surface area contributed by atoms with Crippen LogP contribution in [0.3, 0.4) is 0 Å². The van der Waals surface area contributed by atoms with Crippen LogP contribution in [0.15, 0.2) is 344 Å². The molecule has 0 aliphatic rings. The Labute approximate surface area is 572 Å². The highest BCUT2D eigenvalue weighted by molar-refractivity contribution is 9.10. The fraction of sp³-hybridized carbons (Fsp3) is 0. The third kappa shape index (κ3) is 11.8. The first-order valence-electron chi connectivity index (χ1n) is 31.8. The lowest BCUT2D eigenvalue weighted by Crippen LogP contribution is -2.30. The summed E-state index contributed by atoms with van der Waals surface area (Å²) in [4.78, 5) is 9.93. The van der Waals surface area contributed by atoms with Crippen LogP contribution in [0.2, 0.25) is 0 Å². The van der Waals surface area contributed by atoms with E-state index in [4.69, 9.17) is 9.97 Å². The second-order valence-corrected chi connectivity index (χ2v) is 26.6. The van der Waals surface area contributed by atoms with E-state index < -0.39 is 7.12 Å². The third-order valence-corrected chi connectivity index (χ3v) is 20.6. The summed E-state index contributed by atoms with van der Waals surface area (Å²) in [5.74, 6) is 1.90. The highest BCUT2D eigenvalue weighted by Crippen LogP contribution is 2.45. The molecule has 0 spiro atoms. The van der Waals surface area contributed by atoms with E-state index in [1.165, 1.54) is 59.1 Å². The van der Waals surface area contributed by atoms with E-state index in [9.17, 15) is 10.0 Å². The van der Waals surface area contributed by atoms with E-state index in [1.54, 1.807) is 11.3 Å². The molecule has 0 saturated heterocycles. The fourth-order valence-corrected chi connectivity index (χ4v) is 15.6. The number of thiophene rings is 2. The monoisotopic (exact) mass is 1330 g/mol. The number of para-hydroxylation sites is 6. The number of aromatic nitrogens is 4. The SMILES string of the molecule is Brc1ccc(-c2nc3ccccc3n2-c2ccccc2)cc1.OB(O)c1cc(-c2ccccc2)cc2c1sc1ccc(-c3ccccc3)cc12.c1ccc(-c2ccc3sc4c(-c5ccc(-c6nc7ccccc7n6-c6ccccc6)cc5)cc(-c5ccccc5)cc4c3c2)cc1. The van der Waals surface area contributed by atoms with Crippen LogP contribution >= 0.6 is 38.6 Å². The van der Waals surface area contributed by atoms with Crippen molar-refractivity contribution in [2.45, 2.75) is 0 Å². The molecule has 0 aliphatic heterocycles. The Morgan fingerprint density at radius 1 is 0.292 bits per heavy atom. The van der Waals surface area contributed by atoms with E-state index in [2.05, 4.69) is 286 Å². The van der Waals surface area contributed by atoms with Crippen molar-refractivity contribution in [1.82, 2.24) is 19.1 Å². The predicted octanol–water partition coefficient (Wildman–Crippen LogP) is 22.6. The van der Waals surface area contributed by atoms with Crippen LogP contribution in [0.4, 0.5) is 0 Å². The largest absolute Gasteiger partial charge is 0.489 e. The standard InChI is InChI=1S/C43H28N2S.C24H17BO2S.C19H13BrN2/c1-4-12-29(13-5-1)33-24-25-41-37(26-33)38-28-34(30-14-6-2-7-15-30)27-36(42(38)46-41)31-20-22-32(23-21-31)43-44-39-18-10-11-19-40(39)45(43)35-16-8-3-9-17-35;26-25(27)22-15-19(17-9-5-2-6-10-17)14-21-20-13-18(16-7-3-1-4-8-16)11-12-23(20)28-24(21)22;20-15-12-10-14(11-13-15)19-21-17-8-4-5-9-18(17)22(19)16-6-2-1-3-7-16/h1-28H;1-15,26-27H;1-13H. The van der Waals surface area contributed by atoms with Crippen molar-refractivity contribution >= 4 is 114 Å². The number of benzene rings is 14. The molecule has 0 bridgehead atoms. The summed E-state index contributed by atoms with van der Waals surface area (Å²) in [5, 5.41) is 24.8. The van der Waals surface area contributed by atoms with Crippen molar-refractivity contribution < 1.29 is 10.0 Å². The molecule has 2 N–H and O–H groups in total. The van der Waals surface area contributed by atoms with Crippen LogP contribution in [0, 0.1) is 0 Å². The lowest BCUT2D eigenvalue weighted by atomic mass is 9.78. The lowest BCUT2D eigenvalue weighted by molar-refractivity contribution is 0.426. The minimum absolute atomic E-state index is 0.554. The van der Waals surface area contributed by atoms with E-state index in [-0.39, 0.29) is 0 Å². The first kappa shape index (κ1) is 59.9. The molecule has 10 heteroatoms. The minimum Gasteiger partial charge on any atom is -0.423 e. The molecule has 4 aromatic heterocycles. The zero-order valence-corrected chi connectivity index (χ0v) is 55.0. The Morgan fingerprint density at radius 2 is 0.635 bits per heavy atom. The van der Waals surface area contributed by atoms with Crippen LogP contribution in [0.1, 0.15) is 0 Å². The van der Waals surface area contributed by atoms with Crippen molar-refractivity contribution in [2.75, 3.05) is 0 Å². The zero-order valence-electron chi connectivity index (χ0n) is 51.8. The van der Waals surface area contributed by atoms with Gasteiger partial charge in [-0.15, -0.1) is 22.7 Å². The third-order valence-electron chi connectivity index (χ3n) is 17.6. The summed E-state index contributed by atoms with van der Waals surface area (Å²) in [6.07, 6.45) is 0. The van der Waals surface area contributed by atoms with Crippen LogP contribution in [0.25, 0.3) is 152 Å². The molecule has 456 valence electrons. The number of fused-ring (bicyclic) bond motifs is 8. The molecule has 0 radical (unpaired) electrons. The van der Waals surface area contributed by atoms with Crippen molar-refractivity contribution in [3.8, 4) is 89.8 Å². The second-order valence-electron chi connectivity index (χ2n) is 23.6. The van der Waals surface area contributed by atoms with Crippen LogP contribution in [-0.2, 0) is 0 Å². The summed E-state index contributed by atoms with van der Waals surface area (Å²) in [6.45, 7) is 0. The van der Waals surface area contributed by atoms with Crippen molar-refractivity contribution in [3.05, 3.63) is 344 Å². The molecular weight excluding hydrogens is 1280 g/mol. The van der Waals surface area contributed by atoms with Gasteiger partial charge in [0.25, 0.3) is 0 Å². The molecule has 96 heavy (non-hydrogen) atoms. The van der Waals surface area contributed by atoms with Gasteiger partial charge < -0.3 is 10.0 Å². The van der Waals surface area contributed by atoms with Gasteiger partial charge in [0.1, 0.15) is 11.6 Å². The van der Waals surface area contributed by atoms with Gasteiger partial charge in [0.15, 0.2) is 0 Å². The molecule has 6 nitrogen and oxygen atoms in total. The molecule has 18 rings (SSSR count). The van der Waals surface area contributed by atoms with Gasteiger partial charge >= 0.3 is 7.12 Å². The molecular formula is C86H58BBrN4O2S2. The topological polar surface area (TPSA) is 76.1 Å². The molecule has 4 heterocycles. The van der Waals surface area contributed by atoms with Crippen molar-refractivity contribution in [3.63, 3.8) is 0 Å². The molecule has 0 amide bonds. The van der Waals surface area contributed by atoms with Crippen LogP contribution in [0.5, 0.6) is 0 Å². The Bertz CT molecular complexity index is 5790. The zero-order chi connectivity index (χ0) is 64.5. The fourth-order valence-electron chi connectivity index (χ4n) is 12.9.